The largest absolute Gasteiger partial charge is 0.508 e. The van der Waals surface area contributed by atoms with E-state index >= 15 is 0 Å². The van der Waals surface area contributed by atoms with Crippen molar-refractivity contribution in [3.8, 4) is 11.5 Å². The maximum Gasteiger partial charge on any atom is 0.251 e. The summed E-state index contributed by atoms with van der Waals surface area (Å²) in [5.74, 6) is 0.342. The summed E-state index contributed by atoms with van der Waals surface area (Å²) in [4.78, 5) is 18.5. The highest BCUT2D eigenvalue weighted by atomic mass is 19.1. The van der Waals surface area contributed by atoms with Gasteiger partial charge in [-0.1, -0.05) is 6.07 Å². The molecule has 0 spiro atoms. The number of phenolic OH excluding ortho intramolecular Hbond substituents is 1. The van der Waals surface area contributed by atoms with Crippen molar-refractivity contribution in [1.82, 2.24) is 15.5 Å². The van der Waals surface area contributed by atoms with Crippen molar-refractivity contribution >= 4 is 11.9 Å². The summed E-state index contributed by atoms with van der Waals surface area (Å²) in [6, 6.07) is 10.9. The molecule has 0 heterocycles. The first-order valence-corrected chi connectivity index (χ1v) is 9.33. The number of phenols is 1. The Morgan fingerprint density at radius 2 is 1.93 bits per heavy atom. The van der Waals surface area contributed by atoms with Crippen LogP contribution in [0.2, 0.25) is 0 Å². The fourth-order valence-electron chi connectivity index (χ4n) is 2.67. The molecule has 0 bridgehead atoms. The van der Waals surface area contributed by atoms with Crippen LogP contribution in [-0.4, -0.2) is 55.7 Å². The van der Waals surface area contributed by atoms with Crippen LogP contribution < -0.4 is 15.4 Å². The van der Waals surface area contributed by atoms with Gasteiger partial charge in [0.2, 0.25) is 0 Å². The van der Waals surface area contributed by atoms with E-state index < -0.39 is 5.82 Å². The van der Waals surface area contributed by atoms with Crippen molar-refractivity contribution < 1.29 is 19.0 Å². The van der Waals surface area contributed by atoms with Crippen molar-refractivity contribution in [3.63, 3.8) is 0 Å². The summed E-state index contributed by atoms with van der Waals surface area (Å²) in [7, 11) is 3.29. The summed E-state index contributed by atoms with van der Waals surface area (Å²) in [6.45, 7) is 3.85. The van der Waals surface area contributed by atoms with Crippen molar-refractivity contribution in [2.75, 3.05) is 33.8 Å². The number of aliphatic imine (C=N–C) groups is 1. The number of halogens is 1. The van der Waals surface area contributed by atoms with Gasteiger partial charge in [-0.05, 0) is 48.9 Å². The molecule has 7 nitrogen and oxygen atoms in total. The van der Waals surface area contributed by atoms with Gasteiger partial charge in [0.1, 0.15) is 5.75 Å². The van der Waals surface area contributed by atoms with Gasteiger partial charge in [-0.25, -0.2) is 4.39 Å². The minimum absolute atomic E-state index is 0.112. The highest BCUT2D eigenvalue weighted by Crippen LogP contribution is 2.18. The van der Waals surface area contributed by atoms with Crippen LogP contribution in [0.25, 0.3) is 0 Å². The van der Waals surface area contributed by atoms with Crippen LogP contribution in [0.15, 0.2) is 47.5 Å². The summed E-state index contributed by atoms with van der Waals surface area (Å²) in [6.07, 6.45) is 0. The summed E-state index contributed by atoms with van der Waals surface area (Å²) >= 11 is 0. The van der Waals surface area contributed by atoms with Gasteiger partial charge in [0.05, 0.1) is 13.7 Å². The van der Waals surface area contributed by atoms with E-state index in [0.717, 1.165) is 5.56 Å². The van der Waals surface area contributed by atoms with Gasteiger partial charge in [-0.15, -0.1) is 0 Å². The van der Waals surface area contributed by atoms with Gasteiger partial charge in [0.15, 0.2) is 17.5 Å². The fourth-order valence-corrected chi connectivity index (χ4v) is 2.67. The highest BCUT2D eigenvalue weighted by molar-refractivity contribution is 5.94. The lowest BCUT2D eigenvalue weighted by molar-refractivity contribution is 0.0955. The molecule has 3 N–H and O–H groups in total. The lowest BCUT2D eigenvalue weighted by Crippen LogP contribution is -2.39. The third-order valence-corrected chi connectivity index (χ3v) is 4.12. The predicted octanol–water partition coefficient (Wildman–Crippen LogP) is 2.37. The number of nitrogens with one attached hydrogen (secondary N) is 2. The lowest BCUT2D eigenvalue weighted by Gasteiger charge is -2.22. The zero-order valence-electron chi connectivity index (χ0n) is 16.9. The second-order valence-electron chi connectivity index (χ2n) is 6.36. The number of guanidine groups is 1. The normalized spacial score (nSPS) is 11.1. The van der Waals surface area contributed by atoms with Gasteiger partial charge in [0, 0.05) is 32.2 Å². The second kappa shape index (κ2) is 10.9. The van der Waals surface area contributed by atoms with Gasteiger partial charge in [-0.3, -0.25) is 9.79 Å². The Bertz CT molecular complexity index is 840. The second-order valence-corrected chi connectivity index (χ2v) is 6.36. The Balaban J connectivity index is 1.91. The van der Waals surface area contributed by atoms with Crippen LogP contribution in [0.3, 0.4) is 0 Å². The first kappa shape index (κ1) is 22.0. The molecule has 2 aromatic carbocycles. The Labute approximate surface area is 170 Å². The molecule has 0 unspecified atom stereocenters. The first-order valence-electron chi connectivity index (χ1n) is 9.33. The Hall–Kier alpha value is -3.29. The minimum Gasteiger partial charge on any atom is -0.508 e. The van der Waals surface area contributed by atoms with Crippen LogP contribution in [0.5, 0.6) is 11.5 Å². The van der Waals surface area contributed by atoms with Crippen LogP contribution in [0, 0.1) is 5.82 Å². The molecule has 2 rings (SSSR count). The molecule has 156 valence electrons. The van der Waals surface area contributed by atoms with E-state index in [1.807, 2.05) is 18.9 Å². The van der Waals surface area contributed by atoms with Crippen LogP contribution in [0.4, 0.5) is 4.39 Å². The van der Waals surface area contributed by atoms with Crippen LogP contribution in [0.1, 0.15) is 22.8 Å². The third kappa shape index (κ3) is 6.67. The molecule has 0 aromatic heterocycles. The van der Waals surface area contributed by atoms with E-state index in [2.05, 4.69) is 15.6 Å². The molecule has 0 fully saturated rings. The number of methoxy groups -OCH3 is 1. The van der Waals surface area contributed by atoms with E-state index in [0.29, 0.717) is 37.7 Å². The number of carbonyl (C=O) groups excluding carboxylic acids is 1. The van der Waals surface area contributed by atoms with Crippen LogP contribution >= 0.6 is 0 Å². The SMILES string of the molecule is CCNC(=NCCNC(=O)c1ccc(O)cc1)N(C)Cc1ccc(OC)c(F)c1. The van der Waals surface area contributed by atoms with Gasteiger partial charge in [0.25, 0.3) is 5.91 Å². The van der Waals surface area contributed by atoms with Crippen LogP contribution in [-0.2, 0) is 6.54 Å². The van der Waals surface area contributed by atoms with E-state index in [-0.39, 0.29) is 17.4 Å². The minimum atomic E-state index is -0.405. The molecule has 29 heavy (non-hydrogen) atoms. The fraction of sp³-hybridized carbons (Fsp3) is 0.333. The number of hydrogen-bond acceptors (Lipinski definition) is 4. The molecule has 1 amide bonds. The average Bonchev–Trinajstić information content (AvgIpc) is 2.70. The van der Waals surface area contributed by atoms with E-state index in [9.17, 15) is 14.3 Å². The molecule has 0 aliphatic rings. The lowest BCUT2D eigenvalue weighted by atomic mass is 10.2. The quantitative estimate of drug-likeness (QED) is 0.359. The summed E-state index contributed by atoms with van der Waals surface area (Å²) in [5.41, 5.74) is 1.26. The maximum absolute atomic E-state index is 13.9. The third-order valence-electron chi connectivity index (χ3n) is 4.12. The Morgan fingerprint density at radius 3 is 2.55 bits per heavy atom. The van der Waals surface area contributed by atoms with Gasteiger partial charge in [-0.2, -0.15) is 0 Å². The molecule has 0 radical (unpaired) electrons. The number of aromatic hydroxyl groups is 1. The highest BCUT2D eigenvalue weighted by Gasteiger charge is 2.10. The topological polar surface area (TPSA) is 86.2 Å². The molecule has 0 atom stereocenters. The summed E-state index contributed by atoms with van der Waals surface area (Å²) < 4.78 is 18.8. The predicted molar refractivity (Wildman–Crippen MR) is 111 cm³/mol. The average molecular weight is 402 g/mol. The summed E-state index contributed by atoms with van der Waals surface area (Å²) in [5, 5.41) is 15.2. The number of hydrogen-bond donors (Lipinski definition) is 3. The number of nitrogens with zero attached hydrogens (tertiary/aromatic N) is 2. The molecule has 0 saturated heterocycles. The molecule has 2 aromatic rings. The molecule has 0 saturated carbocycles. The van der Waals surface area contributed by atoms with E-state index in [1.165, 1.54) is 25.3 Å². The van der Waals surface area contributed by atoms with Crippen molar-refractivity contribution in [2.24, 2.45) is 4.99 Å². The number of carbonyl (C=O) groups is 1. The zero-order chi connectivity index (χ0) is 21.2. The van der Waals surface area contributed by atoms with Crippen molar-refractivity contribution in [3.05, 3.63) is 59.4 Å². The molecular formula is C21H27FN4O3. The van der Waals surface area contributed by atoms with E-state index in [4.69, 9.17) is 4.74 Å². The molecule has 0 aliphatic carbocycles. The monoisotopic (exact) mass is 402 g/mol. The smallest absolute Gasteiger partial charge is 0.251 e. The zero-order valence-corrected chi connectivity index (χ0v) is 16.9. The molecular weight excluding hydrogens is 375 g/mol. The first-order chi connectivity index (χ1) is 13.9. The number of benzene rings is 2. The Kier molecular flexibility index (Phi) is 8.27. The number of amides is 1. The number of rotatable bonds is 8. The van der Waals surface area contributed by atoms with Crippen molar-refractivity contribution in [2.45, 2.75) is 13.5 Å². The molecule has 0 aliphatic heterocycles. The maximum atomic E-state index is 13.9. The molecule has 8 heteroatoms. The Morgan fingerprint density at radius 1 is 1.21 bits per heavy atom. The van der Waals surface area contributed by atoms with Gasteiger partial charge >= 0.3 is 0 Å². The van der Waals surface area contributed by atoms with Gasteiger partial charge < -0.3 is 25.4 Å². The number of ether oxygens (including phenoxy) is 1. The van der Waals surface area contributed by atoms with E-state index in [1.54, 1.807) is 24.3 Å². The van der Waals surface area contributed by atoms with Crippen molar-refractivity contribution in [1.29, 1.82) is 0 Å². The standard InChI is InChI=1S/C21H27FN4O3/c1-4-23-21(26(2)14-15-5-10-19(29-3)18(22)13-15)25-12-11-24-20(28)16-6-8-17(27)9-7-16/h5-10,13,27H,4,11-12,14H2,1-3H3,(H,23,25)(H,24,28).